The van der Waals surface area contributed by atoms with E-state index < -0.39 is 24.8 Å². The predicted octanol–water partition coefficient (Wildman–Crippen LogP) is 3.54. The van der Waals surface area contributed by atoms with Crippen LogP contribution in [0.25, 0.3) is 11.2 Å². The molecule has 2 aliphatic heterocycles. The second-order valence-electron chi connectivity index (χ2n) is 9.03. The number of pyridine rings is 1. The molecule has 0 atom stereocenters. The van der Waals surface area contributed by atoms with Gasteiger partial charge in [-0.15, -0.1) is 5.10 Å². The molecule has 0 saturated carbocycles. The molecule has 1 amide bonds. The Morgan fingerprint density at radius 3 is 2.50 bits per heavy atom. The van der Waals surface area contributed by atoms with Gasteiger partial charge in [-0.25, -0.2) is 28.4 Å². The molecule has 2 saturated heterocycles. The van der Waals surface area contributed by atoms with E-state index in [1.54, 1.807) is 0 Å². The van der Waals surface area contributed by atoms with Crippen LogP contribution in [0.2, 0.25) is 0 Å². The van der Waals surface area contributed by atoms with Gasteiger partial charge in [0, 0.05) is 31.5 Å². The first kappa shape index (κ1) is 24.1. The highest BCUT2D eigenvalue weighted by molar-refractivity contribution is 5.96. The Balaban J connectivity index is 1.30. The van der Waals surface area contributed by atoms with Gasteiger partial charge in [0.15, 0.2) is 11.2 Å². The summed E-state index contributed by atoms with van der Waals surface area (Å²) in [5.41, 5.74) is -0.509. The molecular weight excluding hydrogens is 489 g/mol. The number of carbonyl (C=O) groups is 1. The first-order valence-electron chi connectivity index (χ1n) is 11.2. The van der Waals surface area contributed by atoms with E-state index in [9.17, 15) is 26.7 Å². The first-order chi connectivity index (χ1) is 17.1. The summed E-state index contributed by atoms with van der Waals surface area (Å²) < 4.78 is 70.7. The van der Waals surface area contributed by atoms with Gasteiger partial charge < -0.3 is 14.5 Å². The normalized spacial score (nSPS) is 18.1. The average Bonchev–Trinajstić information content (AvgIpc) is 3.35. The summed E-state index contributed by atoms with van der Waals surface area (Å²) in [4.78, 5) is 28.5. The molecule has 1 spiro atoms. The third-order valence-electron chi connectivity index (χ3n) is 6.72. The van der Waals surface area contributed by atoms with Crippen molar-refractivity contribution in [2.75, 3.05) is 36.5 Å². The van der Waals surface area contributed by atoms with Crippen LogP contribution in [0.3, 0.4) is 0 Å². The summed E-state index contributed by atoms with van der Waals surface area (Å²) in [5.74, 6) is 0.461. The van der Waals surface area contributed by atoms with Gasteiger partial charge in [-0.2, -0.15) is 13.2 Å². The molecule has 9 nitrogen and oxygen atoms in total. The number of amides is 1. The Labute approximate surface area is 201 Å². The lowest BCUT2D eigenvalue weighted by molar-refractivity contribution is -0.141. The van der Waals surface area contributed by atoms with Gasteiger partial charge in [0.05, 0.1) is 25.2 Å². The Bertz CT molecular complexity index is 1270. The average molecular weight is 511 g/mol. The van der Waals surface area contributed by atoms with Crippen LogP contribution in [0.1, 0.15) is 25.0 Å². The van der Waals surface area contributed by atoms with Gasteiger partial charge in [0.25, 0.3) is 12.3 Å². The van der Waals surface area contributed by atoms with Crippen LogP contribution in [0, 0.1) is 5.41 Å². The van der Waals surface area contributed by atoms with Gasteiger partial charge in [-0.05, 0) is 25.0 Å². The lowest BCUT2D eigenvalue weighted by Crippen LogP contribution is -2.42. The number of aromatic nitrogens is 5. The van der Waals surface area contributed by atoms with Gasteiger partial charge in [-0.1, -0.05) is 0 Å². The molecule has 3 aromatic rings. The third kappa shape index (κ3) is 4.39. The molecule has 2 fully saturated rings. The summed E-state index contributed by atoms with van der Waals surface area (Å²) in [6.07, 6.45) is -2.99. The zero-order valence-corrected chi connectivity index (χ0v) is 19.2. The minimum Gasteiger partial charge on any atom is -0.478 e. The van der Waals surface area contributed by atoms with Crippen LogP contribution in [0.15, 0.2) is 24.5 Å². The van der Waals surface area contributed by atoms with Crippen molar-refractivity contribution in [3.05, 3.63) is 30.2 Å². The second-order valence-corrected chi connectivity index (χ2v) is 9.03. The van der Waals surface area contributed by atoms with Crippen molar-refractivity contribution in [2.24, 2.45) is 5.41 Å². The highest BCUT2D eigenvalue weighted by atomic mass is 19.4. The van der Waals surface area contributed by atoms with Crippen molar-refractivity contribution >= 4 is 28.6 Å². The fourth-order valence-corrected chi connectivity index (χ4v) is 4.84. The summed E-state index contributed by atoms with van der Waals surface area (Å²) in [7, 11) is 1.38. The van der Waals surface area contributed by atoms with Gasteiger partial charge in [0.1, 0.15) is 18.1 Å². The zero-order valence-electron chi connectivity index (χ0n) is 19.2. The summed E-state index contributed by atoms with van der Waals surface area (Å²) in [6, 6.07) is 2.14. The van der Waals surface area contributed by atoms with Gasteiger partial charge in [0.2, 0.25) is 5.91 Å². The molecule has 192 valence electrons. The maximum atomic E-state index is 13.0. The van der Waals surface area contributed by atoms with Crippen LogP contribution in [0.5, 0.6) is 5.88 Å². The topological polar surface area (TPSA) is 89.3 Å². The van der Waals surface area contributed by atoms with Crippen molar-refractivity contribution in [3.63, 3.8) is 0 Å². The van der Waals surface area contributed by atoms with Crippen molar-refractivity contribution in [1.29, 1.82) is 0 Å². The smallest absolute Gasteiger partial charge is 0.433 e. The van der Waals surface area contributed by atoms with Crippen LogP contribution in [0.4, 0.5) is 33.5 Å². The van der Waals surface area contributed by atoms with Crippen LogP contribution >= 0.6 is 0 Å². The molecule has 0 radical (unpaired) electrons. The Hall–Kier alpha value is -3.58. The SMILES string of the molecule is COc1nn(CC(F)F)c2nc(N3CCC4(CC3)CC(=O)N(c3ccc(C(F)(F)F)nc3)C4)cnc12. The highest BCUT2D eigenvalue weighted by Crippen LogP contribution is 2.43. The van der Waals surface area contributed by atoms with E-state index in [1.807, 2.05) is 4.90 Å². The number of nitrogens with zero attached hydrogens (tertiary/aromatic N) is 7. The Morgan fingerprint density at radius 1 is 1.14 bits per heavy atom. The van der Waals surface area contributed by atoms with Gasteiger partial charge >= 0.3 is 6.18 Å². The fraction of sp³-hybridized carbons (Fsp3) is 0.500. The molecule has 14 heteroatoms. The van der Waals surface area contributed by atoms with Gasteiger partial charge in [-0.3, -0.25) is 4.79 Å². The minimum absolute atomic E-state index is 0.115. The molecule has 0 bridgehead atoms. The number of alkyl halides is 5. The zero-order chi connectivity index (χ0) is 25.7. The summed E-state index contributed by atoms with van der Waals surface area (Å²) in [5, 5.41) is 4.02. The lowest BCUT2D eigenvalue weighted by atomic mass is 9.77. The third-order valence-corrected chi connectivity index (χ3v) is 6.72. The maximum absolute atomic E-state index is 13.0. The first-order valence-corrected chi connectivity index (χ1v) is 11.2. The van der Waals surface area contributed by atoms with E-state index >= 15 is 0 Å². The quantitative estimate of drug-likeness (QED) is 0.484. The number of carbonyl (C=O) groups excluding carboxylic acids is 1. The van der Waals surface area contributed by atoms with Crippen molar-refractivity contribution in [3.8, 4) is 5.88 Å². The van der Waals surface area contributed by atoms with Crippen molar-refractivity contribution < 1.29 is 31.5 Å². The largest absolute Gasteiger partial charge is 0.478 e. The van der Waals surface area contributed by atoms with Crippen LogP contribution < -0.4 is 14.5 Å². The Kier molecular flexibility index (Phi) is 5.91. The maximum Gasteiger partial charge on any atom is 0.433 e. The highest BCUT2D eigenvalue weighted by Gasteiger charge is 2.46. The molecule has 5 rings (SSSR count). The molecule has 36 heavy (non-hydrogen) atoms. The monoisotopic (exact) mass is 511 g/mol. The number of hydrogen-bond donors (Lipinski definition) is 0. The number of anilines is 2. The minimum atomic E-state index is -4.55. The number of ether oxygens (including phenoxy) is 1. The number of fused-ring (bicyclic) bond motifs is 1. The van der Waals surface area contributed by atoms with Crippen LogP contribution in [-0.2, 0) is 17.5 Å². The van der Waals surface area contributed by atoms with E-state index in [-0.39, 0.29) is 34.8 Å². The van der Waals surface area contributed by atoms with E-state index in [4.69, 9.17) is 4.74 Å². The van der Waals surface area contributed by atoms with E-state index in [0.717, 1.165) is 16.9 Å². The predicted molar refractivity (Wildman–Crippen MR) is 118 cm³/mol. The molecule has 0 aromatic carbocycles. The number of methoxy groups -OCH3 is 1. The van der Waals surface area contributed by atoms with Crippen molar-refractivity contribution in [2.45, 2.75) is 38.4 Å². The van der Waals surface area contributed by atoms with Crippen LogP contribution in [-0.4, -0.2) is 63.8 Å². The molecule has 3 aromatic heterocycles. The molecule has 0 unspecified atom stereocenters. The fourth-order valence-electron chi connectivity index (χ4n) is 4.84. The van der Waals surface area contributed by atoms with E-state index in [1.165, 1.54) is 24.3 Å². The number of halogens is 5. The number of rotatable bonds is 5. The molecule has 0 aliphatic carbocycles. The summed E-state index contributed by atoms with van der Waals surface area (Å²) in [6.45, 7) is 0.840. The number of piperidine rings is 1. The molecule has 5 heterocycles. The molecule has 0 N–H and O–H groups in total. The van der Waals surface area contributed by atoms with E-state index in [0.29, 0.717) is 44.0 Å². The standard InChI is InChI=1S/C22H22F5N7O2/c1-36-20-18-19(34(31-20)11-15(23)24)30-16(10-29-18)32-6-4-21(5-7-32)8-17(35)33(12-21)13-2-3-14(28-9-13)22(25,26)27/h2-3,9-10,15H,4-8,11-12H2,1H3. The lowest BCUT2D eigenvalue weighted by Gasteiger charge is -2.39. The summed E-state index contributed by atoms with van der Waals surface area (Å²) >= 11 is 0. The Morgan fingerprint density at radius 2 is 1.89 bits per heavy atom. The van der Waals surface area contributed by atoms with Crippen molar-refractivity contribution in [1.82, 2.24) is 24.7 Å². The number of hydrogen-bond acceptors (Lipinski definition) is 7. The molecule has 2 aliphatic rings. The second kappa shape index (κ2) is 8.82. The molecular formula is C22H22F5N7O2. The van der Waals surface area contributed by atoms with E-state index in [2.05, 4.69) is 20.1 Å².